The molecule has 0 fully saturated rings. The van der Waals surface area contributed by atoms with Gasteiger partial charge in [-0.3, -0.25) is 9.79 Å². The van der Waals surface area contributed by atoms with E-state index >= 15 is 0 Å². The van der Waals surface area contributed by atoms with Gasteiger partial charge in [-0.2, -0.15) is 0 Å². The number of thioether (sulfide) groups is 1. The Kier molecular flexibility index (Phi) is 4.24. The molecule has 0 aromatic heterocycles. The number of benzene rings is 1. The lowest BCUT2D eigenvalue weighted by atomic mass is 10.2. The smallest absolute Gasteiger partial charge is 0.337 e. The molecule has 1 aromatic rings. The molecule has 1 amide bonds. The minimum absolute atomic E-state index is 0.181. The number of phenolic OH excluding ortho intramolecular Hbond substituents is 1. The summed E-state index contributed by atoms with van der Waals surface area (Å²) in [6.07, 6.45) is 0.199. The second-order valence-corrected chi connectivity index (χ2v) is 5.83. The maximum Gasteiger partial charge on any atom is 0.337 e. The molecule has 7 nitrogen and oxygen atoms in total. The summed E-state index contributed by atoms with van der Waals surface area (Å²) >= 11 is 1.51. The third kappa shape index (κ3) is 3.16. The third-order valence-electron chi connectivity index (χ3n) is 3.48. The van der Waals surface area contributed by atoms with Crippen molar-refractivity contribution in [3.05, 3.63) is 34.9 Å². The van der Waals surface area contributed by atoms with E-state index < -0.39 is 5.97 Å². The molecule has 1 aromatic carbocycles. The number of amides is 1. The summed E-state index contributed by atoms with van der Waals surface area (Å²) in [5.41, 5.74) is 1.37. The maximum atomic E-state index is 12.2. The molecule has 23 heavy (non-hydrogen) atoms. The van der Waals surface area contributed by atoms with Gasteiger partial charge in [0.05, 0.1) is 31.3 Å². The summed E-state index contributed by atoms with van der Waals surface area (Å²) in [7, 11) is 1.26. The number of phenols is 1. The number of carbonyl (C=O) groups is 2. The summed E-state index contributed by atoms with van der Waals surface area (Å²) < 4.78 is 4.58. The molecule has 0 aliphatic carbocycles. The van der Waals surface area contributed by atoms with Crippen molar-refractivity contribution < 1.29 is 19.4 Å². The molecule has 120 valence electrons. The van der Waals surface area contributed by atoms with Crippen LogP contribution in [0.25, 0.3) is 0 Å². The Balaban J connectivity index is 1.64. The lowest BCUT2D eigenvalue weighted by Crippen LogP contribution is -2.24. The highest BCUT2D eigenvalue weighted by molar-refractivity contribution is 8.16. The highest BCUT2D eigenvalue weighted by Gasteiger charge is 2.27. The SMILES string of the molecule is COC(=O)c1ccc(NC(=O)CC2=CSC3=NCCN23)c(O)c1. The zero-order valence-electron chi connectivity index (χ0n) is 12.4. The molecule has 2 N–H and O–H groups in total. The van der Waals surface area contributed by atoms with Crippen LogP contribution >= 0.6 is 11.8 Å². The van der Waals surface area contributed by atoms with Crippen LogP contribution in [0.15, 0.2) is 34.3 Å². The molecule has 0 radical (unpaired) electrons. The molecule has 2 heterocycles. The number of hydrogen-bond acceptors (Lipinski definition) is 7. The molecule has 0 unspecified atom stereocenters. The van der Waals surface area contributed by atoms with E-state index in [0.717, 1.165) is 24.0 Å². The zero-order valence-corrected chi connectivity index (χ0v) is 13.2. The average molecular weight is 333 g/mol. The Labute approximate surface area is 137 Å². The third-order valence-corrected chi connectivity index (χ3v) is 4.43. The largest absolute Gasteiger partial charge is 0.506 e. The van der Waals surface area contributed by atoms with Crippen LogP contribution in [0, 0.1) is 0 Å². The average Bonchev–Trinajstić information content (AvgIpc) is 3.13. The lowest BCUT2D eigenvalue weighted by molar-refractivity contribution is -0.115. The summed E-state index contributed by atoms with van der Waals surface area (Å²) in [5.74, 6) is -0.974. The van der Waals surface area contributed by atoms with E-state index in [4.69, 9.17) is 0 Å². The van der Waals surface area contributed by atoms with Crippen LogP contribution in [0.4, 0.5) is 5.69 Å². The van der Waals surface area contributed by atoms with Gasteiger partial charge in [-0.25, -0.2) is 4.79 Å². The number of aliphatic imine (C=N–C) groups is 1. The fourth-order valence-corrected chi connectivity index (χ4v) is 3.31. The second kappa shape index (κ2) is 6.33. The van der Waals surface area contributed by atoms with E-state index in [9.17, 15) is 14.7 Å². The monoisotopic (exact) mass is 333 g/mol. The predicted molar refractivity (Wildman–Crippen MR) is 87.4 cm³/mol. The molecule has 2 aliphatic rings. The van der Waals surface area contributed by atoms with Crippen molar-refractivity contribution in [1.29, 1.82) is 0 Å². The zero-order chi connectivity index (χ0) is 16.4. The molecule has 0 saturated heterocycles. The number of hydrogen-bond donors (Lipinski definition) is 2. The van der Waals surface area contributed by atoms with Gasteiger partial charge in [0, 0.05) is 12.2 Å². The molecule has 3 rings (SSSR count). The quantitative estimate of drug-likeness (QED) is 0.644. The van der Waals surface area contributed by atoms with Crippen LogP contribution in [0.5, 0.6) is 5.75 Å². The number of esters is 1. The molecular formula is C15H15N3O4S. The first kappa shape index (κ1) is 15.4. The van der Waals surface area contributed by atoms with Crippen LogP contribution in [0.2, 0.25) is 0 Å². The van der Waals surface area contributed by atoms with Crippen LogP contribution in [-0.4, -0.2) is 47.2 Å². The Morgan fingerprint density at radius 2 is 2.30 bits per heavy atom. The van der Waals surface area contributed by atoms with Crippen molar-refractivity contribution in [2.75, 3.05) is 25.5 Å². The second-order valence-electron chi connectivity index (χ2n) is 4.99. The number of anilines is 1. The Morgan fingerprint density at radius 3 is 3.04 bits per heavy atom. The molecule has 0 spiro atoms. The lowest BCUT2D eigenvalue weighted by Gasteiger charge is -2.16. The topological polar surface area (TPSA) is 91.2 Å². The number of rotatable bonds is 4. The summed E-state index contributed by atoms with van der Waals surface area (Å²) in [6.45, 7) is 1.54. The van der Waals surface area contributed by atoms with Crippen LogP contribution < -0.4 is 5.32 Å². The van der Waals surface area contributed by atoms with Crippen molar-refractivity contribution in [1.82, 2.24) is 4.90 Å². The highest BCUT2D eigenvalue weighted by Crippen LogP contribution is 2.31. The van der Waals surface area contributed by atoms with Crippen molar-refractivity contribution in [3.63, 3.8) is 0 Å². The van der Waals surface area contributed by atoms with E-state index in [2.05, 4.69) is 15.0 Å². The first-order chi connectivity index (χ1) is 11.1. The number of aromatic hydroxyl groups is 1. The number of fused-ring (bicyclic) bond motifs is 1. The van der Waals surface area contributed by atoms with Gasteiger partial charge >= 0.3 is 5.97 Å². The van der Waals surface area contributed by atoms with Gasteiger partial charge in [0.15, 0.2) is 5.17 Å². The first-order valence-electron chi connectivity index (χ1n) is 6.97. The van der Waals surface area contributed by atoms with Crippen LogP contribution in [-0.2, 0) is 9.53 Å². The fraction of sp³-hybridized carbons (Fsp3) is 0.267. The van der Waals surface area contributed by atoms with Crippen LogP contribution in [0.3, 0.4) is 0 Å². The minimum Gasteiger partial charge on any atom is -0.506 e. The van der Waals surface area contributed by atoms with Gasteiger partial charge in [-0.1, -0.05) is 11.8 Å². The fourth-order valence-electron chi connectivity index (χ4n) is 2.36. The standard InChI is InChI=1S/C15H15N3O4S/c1-22-14(21)9-2-3-11(12(19)6-9)17-13(20)7-10-8-23-15-16-4-5-18(10)15/h2-3,6,8,19H,4-5,7H2,1H3,(H,17,20). The predicted octanol–water partition coefficient (Wildman–Crippen LogP) is 1.77. The molecule has 0 saturated carbocycles. The van der Waals surface area contributed by atoms with Gasteiger partial charge in [0.1, 0.15) is 5.75 Å². The van der Waals surface area contributed by atoms with Gasteiger partial charge < -0.3 is 20.1 Å². The molecule has 0 atom stereocenters. The van der Waals surface area contributed by atoms with E-state index in [1.807, 2.05) is 10.3 Å². The number of methoxy groups -OCH3 is 1. The number of nitrogens with zero attached hydrogens (tertiary/aromatic N) is 2. The summed E-state index contributed by atoms with van der Waals surface area (Å²) in [6, 6.07) is 4.22. The van der Waals surface area contributed by atoms with Gasteiger partial charge in [0.2, 0.25) is 5.91 Å². The number of carbonyl (C=O) groups excluding carboxylic acids is 2. The van der Waals surface area contributed by atoms with Crippen molar-refractivity contribution in [3.8, 4) is 5.75 Å². The summed E-state index contributed by atoms with van der Waals surface area (Å²) in [5, 5.41) is 15.4. The van der Waals surface area contributed by atoms with E-state index in [1.165, 1.54) is 37.1 Å². The highest BCUT2D eigenvalue weighted by atomic mass is 32.2. The van der Waals surface area contributed by atoms with Crippen molar-refractivity contribution >= 4 is 34.5 Å². The van der Waals surface area contributed by atoms with Gasteiger partial charge in [-0.15, -0.1) is 0 Å². The number of amidine groups is 1. The van der Waals surface area contributed by atoms with Crippen molar-refractivity contribution in [2.45, 2.75) is 6.42 Å². The maximum absolute atomic E-state index is 12.2. The van der Waals surface area contributed by atoms with Gasteiger partial charge in [-0.05, 0) is 23.6 Å². The first-order valence-corrected chi connectivity index (χ1v) is 7.85. The number of nitrogens with one attached hydrogen (secondary N) is 1. The summed E-state index contributed by atoms with van der Waals surface area (Å²) in [4.78, 5) is 29.9. The van der Waals surface area contributed by atoms with E-state index in [-0.39, 0.29) is 29.3 Å². The number of ether oxygens (including phenoxy) is 1. The van der Waals surface area contributed by atoms with Crippen LogP contribution in [0.1, 0.15) is 16.8 Å². The Hall–Kier alpha value is -2.48. The Bertz CT molecular complexity index is 729. The van der Waals surface area contributed by atoms with Gasteiger partial charge in [0.25, 0.3) is 0 Å². The van der Waals surface area contributed by atoms with E-state index in [0.29, 0.717) is 0 Å². The molecule has 0 bridgehead atoms. The Morgan fingerprint density at radius 1 is 1.48 bits per heavy atom. The van der Waals surface area contributed by atoms with E-state index in [1.54, 1.807) is 0 Å². The molecule has 8 heteroatoms. The molecule has 2 aliphatic heterocycles. The minimum atomic E-state index is -0.549. The molecular weight excluding hydrogens is 318 g/mol. The van der Waals surface area contributed by atoms with Crippen molar-refractivity contribution in [2.24, 2.45) is 4.99 Å². The normalized spacial score (nSPS) is 15.8.